The number of carbonyl (C=O) groups is 1. The standard InChI is InChI=1S/C14H21NO2/c1-9(2)11-6-7-12(13(8-11)17-5)14(16)15-10(3)4/h6-10H,1-5H3,(H,15,16). The molecule has 3 nitrogen and oxygen atoms in total. The first-order valence-electron chi connectivity index (χ1n) is 5.94. The van der Waals surface area contributed by atoms with Crippen LogP contribution >= 0.6 is 0 Å². The number of carbonyl (C=O) groups excluding carboxylic acids is 1. The first-order valence-corrected chi connectivity index (χ1v) is 5.94. The number of amides is 1. The van der Waals surface area contributed by atoms with Crippen LogP contribution in [-0.2, 0) is 0 Å². The van der Waals surface area contributed by atoms with Crippen LogP contribution in [0.25, 0.3) is 0 Å². The van der Waals surface area contributed by atoms with E-state index in [9.17, 15) is 4.79 Å². The van der Waals surface area contributed by atoms with Gasteiger partial charge in [-0.3, -0.25) is 4.79 Å². The van der Waals surface area contributed by atoms with Crippen molar-refractivity contribution in [3.05, 3.63) is 29.3 Å². The molecule has 0 saturated carbocycles. The van der Waals surface area contributed by atoms with Crippen LogP contribution in [0.2, 0.25) is 0 Å². The van der Waals surface area contributed by atoms with Gasteiger partial charge in [0.15, 0.2) is 0 Å². The molecule has 0 aromatic heterocycles. The molecule has 0 spiro atoms. The summed E-state index contributed by atoms with van der Waals surface area (Å²) in [5, 5.41) is 2.86. The predicted octanol–water partition coefficient (Wildman–Crippen LogP) is 2.96. The minimum Gasteiger partial charge on any atom is -0.496 e. The zero-order valence-corrected chi connectivity index (χ0v) is 11.2. The molecule has 0 aliphatic rings. The second-order valence-corrected chi connectivity index (χ2v) is 4.74. The predicted molar refractivity (Wildman–Crippen MR) is 69.7 cm³/mol. The lowest BCUT2D eigenvalue weighted by molar-refractivity contribution is 0.0940. The molecule has 1 rings (SSSR count). The third-order valence-corrected chi connectivity index (χ3v) is 2.56. The Bertz CT molecular complexity index is 397. The topological polar surface area (TPSA) is 38.3 Å². The van der Waals surface area contributed by atoms with E-state index in [4.69, 9.17) is 4.74 Å². The van der Waals surface area contributed by atoms with E-state index in [0.717, 1.165) is 0 Å². The highest BCUT2D eigenvalue weighted by molar-refractivity contribution is 5.97. The first kappa shape index (κ1) is 13.6. The van der Waals surface area contributed by atoms with Crippen LogP contribution in [0.4, 0.5) is 0 Å². The highest BCUT2D eigenvalue weighted by Crippen LogP contribution is 2.24. The van der Waals surface area contributed by atoms with Crippen molar-refractivity contribution >= 4 is 5.91 Å². The average molecular weight is 235 g/mol. The summed E-state index contributed by atoms with van der Waals surface area (Å²) >= 11 is 0. The maximum atomic E-state index is 11.9. The van der Waals surface area contributed by atoms with Gasteiger partial charge in [-0.05, 0) is 37.5 Å². The summed E-state index contributed by atoms with van der Waals surface area (Å²) in [6.45, 7) is 8.10. The number of hydrogen-bond acceptors (Lipinski definition) is 2. The molecule has 3 heteroatoms. The van der Waals surface area contributed by atoms with E-state index in [1.165, 1.54) is 5.56 Å². The Balaban J connectivity index is 3.04. The second kappa shape index (κ2) is 5.71. The van der Waals surface area contributed by atoms with Crippen molar-refractivity contribution < 1.29 is 9.53 Å². The van der Waals surface area contributed by atoms with Gasteiger partial charge < -0.3 is 10.1 Å². The van der Waals surface area contributed by atoms with Gasteiger partial charge in [-0.2, -0.15) is 0 Å². The largest absolute Gasteiger partial charge is 0.496 e. The second-order valence-electron chi connectivity index (χ2n) is 4.74. The Kier molecular flexibility index (Phi) is 4.55. The van der Waals surface area contributed by atoms with Crippen LogP contribution in [0.1, 0.15) is 49.5 Å². The molecule has 1 aromatic rings. The van der Waals surface area contributed by atoms with E-state index in [1.54, 1.807) is 7.11 Å². The Morgan fingerprint density at radius 1 is 1.24 bits per heavy atom. The van der Waals surface area contributed by atoms with E-state index in [-0.39, 0.29) is 11.9 Å². The molecule has 0 aliphatic heterocycles. The van der Waals surface area contributed by atoms with Gasteiger partial charge in [-0.1, -0.05) is 19.9 Å². The molecule has 1 aromatic carbocycles. The zero-order chi connectivity index (χ0) is 13.0. The van der Waals surface area contributed by atoms with Crippen molar-refractivity contribution in [1.29, 1.82) is 0 Å². The van der Waals surface area contributed by atoms with Crippen LogP contribution in [0.5, 0.6) is 5.75 Å². The number of ether oxygens (including phenoxy) is 1. The normalized spacial score (nSPS) is 10.8. The first-order chi connectivity index (χ1) is 7.95. The third-order valence-electron chi connectivity index (χ3n) is 2.56. The molecule has 94 valence electrons. The molecular formula is C14H21NO2. The lowest BCUT2D eigenvalue weighted by Crippen LogP contribution is -2.30. The van der Waals surface area contributed by atoms with Crippen LogP contribution in [-0.4, -0.2) is 19.1 Å². The molecule has 0 bridgehead atoms. The maximum Gasteiger partial charge on any atom is 0.255 e. The minimum atomic E-state index is -0.0906. The molecular weight excluding hydrogens is 214 g/mol. The van der Waals surface area contributed by atoms with Gasteiger partial charge in [0.2, 0.25) is 0 Å². The summed E-state index contributed by atoms with van der Waals surface area (Å²) in [5.41, 5.74) is 1.76. The Labute approximate surface area is 103 Å². The van der Waals surface area contributed by atoms with Crippen molar-refractivity contribution in [3.8, 4) is 5.75 Å². The van der Waals surface area contributed by atoms with Gasteiger partial charge in [0, 0.05) is 6.04 Å². The molecule has 0 aliphatic carbocycles. The maximum absolute atomic E-state index is 11.9. The Hall–Kier alpha value is -1.51. The Morgan fingerprint density at radius 2 is 1.88 bits per heavy atom. The summed E-state index contributed by atoms with van der Waals surface area (Å²) in [5.74, 6) is 0.965. The van der Waals surface area contributed by atoms with Gasteiger partial charge >= 0.3 is 0 Å². The molecule has 17 heavy (non-hydrogen) atoms. The van der Waals surface area contributed by atoms with E-state index >= 15 is 0 Å². The lowest BCUT2D eigenvalue weighted by Gasteiger charge is -2.14. The van der Waals surface area contributed by atoms with Crippen molar-refractivity contribution in [2.24, 2.45) is 0 Å². The van der Waals surface area contributed by atoms with Gasteiger partial charge in [0.1, 0.15) is 5.75 Å². The molecule has 0 unspecified atom stereocenters. The monoisotopic (exact) mass is 235 g/mol. The van der Waals surface area contributed by atoms with Gasteiger partial charge in [-0.25, -0.2) is 0 Å². The van der Waals surface area contributed by atoms with Crippen molar-refractivity contribution in [1.82, 2.24) is 5.32 Å². The van der Waals surface area contributed by atoms with Gasteiger partial charge in [0.25, 0.3) is 5.91 Å². The SMILES string of the molecule is COc1cc(C(C)C)ccc1C(=O)NC(C)C. The lowest BCUT2D eigenvalue weighted by atomic mass is 10.0. The van der Waals surface area contributed by atoms with Gasteiger partial charge in [-0.15, -0.1) is 0 Å². The van der Waals surface area contributed by atoms with Crippen molar-refractivity contribution in [2.45, 2.75) is 39.7 Å². The summed E-state index contributed by atoms with van der Waals surface area (Å²) in [7, 11) is 1.59. The fourth-order valence-corrected chi connectivity index (χ4v) is 1.59. The van der Waals surface area contributed by atoms with Crippen LogP contribution in [0.15, 0.2) is 18.2 Å². The minimum absolute atomic E-state index is 0.0906. The fourth-order valence-electron chi connectivity index (χ4n) is 1.59. The van der Waals surface area contributed by atoms with E-state index in [0.29, 0.717) is 17.2 Å². The summed E-state index contributed by atoms with van der Waals surface area (Å²) in [6, 6.07) is 5.85. The molecule has 0 fully saturated rings. The van der Waals surface area contributed by atoms with Crippen LogP contribution < -0.4 is 10.1 Å². The summed E-state index contributed by atoms with van der Waals surface area (Å²) < 4.78 is 5.28. The molecule has 0 radical (unpaired) electrons. The Morgan fingerprint density at radius 3 is 2.35 bits per heavy atom. The summed E-state index contributed by atoms with van der Waals surface area (Å²) in [6.07, 6.45) is 0. The number of methoxy groups -OCH3 is 1. The van der Waals surface area contributed by atoms with Crippen LogP contribution in [0, 0.1) is 0 Å². The fraction of sp³-hybridized carbons (Fsp3) is 0.500. The van der Waals surface area contributed by atoms with Crippen molar-refractivity contribution in [2.75, 3.05) is 7.11 Å². The molecule has 1 amide bonds. The molecule has 0 heterocycles. The van der Waals surface area contributed by atoms with Crippen molar-refractivity contribution in [3.63, 3.8) is 0 Å². The average Bonchev–Trinajstić information content (AvgIpc) is 2.27. The summed E-state index contributed by atoms with van der Waals surface area (Å²) in [4.78, 5) is 11.9. The number of nitrogens with one attached hydrogen (secondary N) is 1. The quantitative estimate of drug-likeness (QED) is 0.871. The van der Waals surface area contributed by atoms with E-state index < -0.39 is 0 Å². The number of benzene rings is 1. The molecule has 0 saturated heterocycles. The van der Waals surface area contributed by atoms with Crippen LogP contribution in [0.3, 0.4) is 0 Å². The third kappa shape index (κ3) is 3.48. The highest BCUT2D eigenvalue weighted by atomic mass is 16.5. The van der Waals surface area contributed by atoms with E-state index in [1.807, 2.05) is 32.0 Å². The van der Waals surface area contributed by atoms with Gasteiger partial charge in [0.05, 0.1) is 12.7 Å². The molecule has 1 N–H and O–H groups in total. The zero-order valence-electron chi connectivity index (χ0n) is 11.2. The highest BCUT2D eigenvalue weighted by Gasteiger charge is 2.14. The van der Waals surface area contributed by atoms with E-state index in [2.05, 4.69) is 19.2 Å². The number of rotatable bonds is 4. The number of hydrogen-bond donors (Lipinski definition) is 1. The molecule has 0 atom stereocenters. The smallest absolute Gasteiger partial charge is 0.255 e.